The van der Waals surface area contributed by atoms with Crippen molar-refractivity contribution in [1.82, 2.24) is 24.8 Å². The van der Waals surface area contributed by atoms with Crippen LogP contribution in [0.5, 0.6) is 11.6 Å². The van der Waals surface area contributed by atoms with E-state index in [4.69, 9.17) is 4.74 Å². The molecule has 1 saturated heterocycles. The Morgan fingerprint density at radius 2 is 1.52 bits per heavy atom. The van der Waals surface area contributed by atoms with Gasteiger partial charge in [0, 0.05) is 44.8 Å². The lowest BCUT2D eigenvalue weighted by atomic mass is 10.2. The molecular formula is C21H19N5O3. The lowest BCUT2D eigenvalue weighted by Crippen LogP contribution is -2.50. The highest BCUT2D eigenvalue weighted by Gasteiger charge is 2.28. The summed E-state index contributed by atoms with van der Waals surface area (Å²) in [7, 11) is 0. The first-order valence-corrected chi connectivity index (χ1v) is 9.25. The third kappa shape index (κ3) is 4.21. The molecule has 1 aliphatic heterocycles. The number of benzene rings is 1. The highest BCUT2D eigenvalue weighted by molar-refractivity contribution is 5.97. The first-order valence-electron chi connectivity index (χ1n) is 9.25. The van der Waals surface area contributed by atoms with Gasteiger partial charge in [-0.3, -0.25) is 14.6 Å². The summed E-state index contributed by atoms with van der Waals surface area (Å²) < 4.78 is 5.80. The Kier molecular flexibility index (Phi) is 5.42. The maximum absolute atomic E-state index is 13.0. The predicted octanol–water partition coefficient (Wildman–Crippen LogP) is 2.26. The van der Waals surface area contributed by atoms with Crippen molar-refractivity contribution < 1.29 is 14.3 Å². The topological polar surface area (TPSA) is 88.5 Å². The zero-order chi connectivity index (χ0) is 20.1. The molecule has 8 heteroatoms. The number of rotatable bonds is 4. The van der Waals surface area contributed by atoms with E-state index >= 15 is 0 Å². The molecule has 29 heavy (non-hydrogen) atoms. The summed E-state index contributed by atoms with van der Waals surface area (Å²) in [4.78, 5) is 41.1. The molecule has 4 rings (SSSR count). The molecule has 1 aromatic carbocycles. The number of nitrogens with zero attached hydrogens (tertiary/aromatic N) is 5. The Morgan fingerprint density at radius 1 is 0.793 bits per heavy atom. The zero-order valence-electron chi connectivity index (χ0n) is 15.6. The van der Waals surface area contributed by atoms with Crippen LogP contribution in [0.25, 0.3) is 0 Å². The van der Waals surface area contributed by atoms with E-state index < -0.39 is 0 Å². The van der Waals surface area contributed by atoms with E-state index in [9.17, 15) is 9.59 Å². The smallest absolute Gasteiger partial charge is 0.274 e. The number of hydrogen-bond acceptors (Lipinski definition) is 6. The zero-order valence-corrected chi connectivity index (χ0v) is 15.6. The van der Waals surface area contributed by atoms with E-state index in [1.54, 1.807) is 40.3 Å². The van der Waals surface area contributed by atoms with Gasteiger partial charge >= 0.3 is 0 Å². The molecular weight excluding hydrogens is 370 g/mol. The number of aromatic nitrogens is 3. The second-order valence-electron chi connectivity index (χ2n) is 6.45. The number of carbonyl (C=O) groups is 2. The van der Waals surface area contributed by atoms with Crippen molar-refractivity contribution in [3.8, 4) is 11.6 Å². The molecule has 0 atom stereocenters. The van der Waals surface area contributed by atoms with Crippen molar-refractivity contribution in [2.45, 2.75) is 0 Å². The van der Waals surface area contributed by atoms with Gasteiger partial charge in [0.1, 0.15) is 17.0 Å². The van der Waals surface area contributed by atoms with Crippen molar-refractivity contribution in [1.29, 1.82) is 0 Å². The average molecular weight is 389 g/mol. The highest BCUT2D eigenvalue weighted by atomic mass is 16.5. The summed E-state index contributed by atoms with van der Waals surface area (Å²) >= 11 is 0. The van der Waals surface area contributed by atoms with Crippen molar-refractivity contribution >= 4 is 11.8 Å². The second kappa shape index (κ2) is 8.47. The minimum absolute atomic E-state index is 0.171. The van der Waals surface area contributed by atoms with Crippen LogP contribution in [0.15, 0.2) is 67.3 Å². The summed E-state index contributed by atoms with van der Waals surface area (Å²) in [6, 6.07) is 12.6. The molecule has 146 valence electrons. The van der Waals surface area contributed by atoms with Gasteiger partial charge in [-0.05, 0) is 24.3 Å². The molecule has 2 aromatic heterocycles. The highest BCUT2D eigenvalue weighted by Crippen LogP contribution is 2.24. The fourth-order valence-electron chi connectivity index (χ4n) is 3.09. The van der Waals surface area contributed by atoms with Gasteiger partial charge in [0.15, 0.2) is 0 Å². The number of piperazine rings is 1. The Labute approximate surface area is 167 Å². The summed E-state index contributed by atoms with van der Waals surface area (Å²) in [5, 5.41) is 0. The van der Waals surface area contributed by atoms with E-state index in [1.165, 1.54) is 18.6 Å². The van der Waals surface area contributed by atoms with Crippen LogP contribution in [-0.4, -0.2) is 62.7 Å². The van der Waals surface area contributed by atoms with E-state index in [1.807, 2.05) is 18.2 Å². The van der Waals surface area contributed by atoms with Crippen molar-refractivity contribution in [3.63, 3.8) is 0 Å². The van der Waals surface area contributed by atoms with Crippen LogP contribution < -0.4 is 4.74 Å². The van der Waals surface area contributed by atoms with E-state index in [0.29, 0.717) is 43.2 Å². The predicted molar refractivity (Wildman–Crippen MR) is 105 cm³/mol. The molecule has 0 bridgehead atoms. The molecule has 0 saturated carbocycles. The molecule has 3 aromatic rings. The molecule has 2 amide bonds. The van der Waals surface area contributed by atoms with Gasteiger partial charge in [-0.15, -0.1) is 0 Å². The quantitative estimate of drug-likeness (QED) is 0.680. The van der Waals surface area contributed by atoms with E-state index in [-0.39, 0.29) is 17.7 Å². The van der Waals surface area contributed by atoms with Gasteiger partial charge in [0.2, 0.25) is 5.88 Å². The lowest BCUT2D eigenvalue weighted by molar-refractivity contribution is 0.0530. The van der Waals surface area contributed by atoms with E-state index in [2.05, 4.69) is 15.0 Å². The molecule has 0 radical (unpaired) electrons. The van der Waals surface area contributed by atoms with Crippen LogP contribution in [0.1, 0.15) is 20.8 Å². The van der Waals surface area contributed by atoms with Crippen molar-refractivity contribution in [2.24, 2.45) is 0 Å². The Hall–Kier alpha value is -3.81. The normalized spacial score (nSPS) is 13.8. The van der Waals surface area contributed by atoms with Gasteiger partial charge < -0.3 is 14.5 Å². The largest absolute Gasteiger partial charge is 0.438 e. The molecule has 0 N–H and O–H groups in total. The third-order valence-corrected chi connectivity index (χ3v) is 4.60. The van der Waals surface area contributed by atoms with Gasteiger partial charge in [0.05, 0.1) is 6.20 Å². The standard InChI is InChI=1S/C21H19N5O3/c27-20(17-7-4-8-24-19(17)29-16-5-2-1-3-6-16)25-11-13-26(14-12-25)21(28)18-15-22-9-10-23-18/h1-10,15H,11-14H2. The number of amides is 2. The van der Waals surface area contributed by atoms with Crippen LogP contribution >= 0.6 is 0 Å². The second-order valence-corrected chi connectivity index (χ2v) is 6.45. The summed E-state index contributed by atoms with van der Waals surface area (Å²) in [5.41, 5.74) is 0.697. The van der Waals surface area contributed by atoms with Gasteiger partial charge in [-0.2, -0.15) is 0 Å². The minimum Gasteiger partial charge on any atom is -0.438 e. The lowest BCUT2D eigenvalue weighted by Gasteiger charge is -2.34. The minimum atomic E-state index is -0.181. The number of ether oxygens (including phenoxy) is 1. The third-order valence-electron chi connectivity index (χ3n) is 4.60. The molecule has 0 spiro atoms. The first-order chi connectivity index (χ1) is 14.2. The molecule has 3 heterocycles. The van der Waals surface area contributed by atoms with Gasteiger partial charge in [0.25, 0.3) is 11.8 Å². The molecule has 8 nitrogen and oxygen atoms in total. The molecule has 0 aliphatic carbocycles. The maximum Gasteiger partial charge on any atom is 0.274 e. The number of pyridine rings is 1. The van der Waals surface area contributed by atoms with Crippen LogP contribution in [0.2, 0.25) is 0 Å². The summed E-state index contributed by atoms with van der Waals surface area (Å²) in [6.07, 6.45) is 6.05. The Bertz CT molecular complexity index is 989. The number of hydrogen-bond donors (Lipinski definition) is 0. The van der Waals surface area contributed by atoms with Gasteiger partial charge in [-0.25, -0.2) is 9.97 Å². The van der Waals surface area contributed by atoms with Crippen LogP contribution in [-0.2, 0) is 0 Å². The fraction of sp³-hybridized carbons (Fsp3) is 0.190. The Morgan fingerprint density at radius 3 is 2.21 bits per heavy atom. The molecule has 0 unspecified atom stereocenters. The van der Waals surface area contributed by atoms with Crippen LogP contribution in [0.3, 0.4) is 0 Å². The SMILES string of the molecule is O=C(c1cnccn1)N1CCN(C(=O)c2cccnc2Oc2ccccc2)CC1. The average Bonchev–Trinajstić information content (AvgIpc) is 2.80. The first kappa shape index (κ1) is 18.5. The Balaban J connectivity index is 1.43. The monoisotopic (exact) mass is 389 g/mol. The molecule has 1 fully saturated rings. The van der Waals surface area contributed by atoms with Crippen LogP contribution in [0, 0.1) is 0 Å². The van der Waals surface area contributed by atoms with Crippen molar-refractivity contribution in [2.75, 3.05) is 26.2 Å². The summed E-state index contributed by atoms with van der Waals surface area (Å²) in [6.45, 7) is 1.70. The maximum atomic E-state index is 13.0. The van der Waals surface area contributed by atoms with E-state index in [0.717, 1.165) is 0 Å². The fourth-order valence-corrected chi connectivity index (χ4v) is 3.09. The van der Waals surface area contributed by atoms with Crippen LogP contribution in [0.4, 0.5) is 0 Å². The van der Waals surface area contributed by atoms with Gasteiger partial charge in [-0.1, -0.05) is 18.2 Å². The molecule has 1 aliphatic rings. The van der Waals surface area contributed by atoms with Crippen molar-refractivity contribution in [3.05, 3.63) is 78.5 Å². The summed E-state index contributed by atoms with van der Waals surface area (Å²) in [5.74, 6) is 0.525. The number of carbonyl (C=O) groups excluding carboxylic acids is 2. The number of para-hydroxylation sites is 1.